The van der Waals surface area contributed by atoms with E-state index in [-0.39, 0.29) is 11.9 Å². The largest absolute Gasteiger partial charge is 0.342 e. The van der Waals surface area contributed by atoms with E-state index in [0.29, 0.717) is 6.42 Å². The molecule has 1 amide bonds. The van der Waals surface area contributed by atoms with Crippen LogP contribution in [-0.2, 0) is 11.2 Å². The van der Waals surface area contributed by atoms with E-state index in [2.05, 4.69) is 20.5 Å². The first-order valence-corrected chi connectivity index (χ1v) is 8.27. The van der Waals surface area contributed by atoms with Gasteiger partial charge in [0.25, 0.3) is 0 Å². The van der Waals surface area contributed by atoms with Crippen molar-refractivity contribution in [3.8, 4) is 0 Å². The number of hydrogen-bond donors (Lipinski definition) is 2. The smallest absolute Gasteiger partial charge is 0.225 e. The van der Waals surface area contributed by atoms with Gasteiger partial charge >= 0.3 is 0 Å². The van der Waals surface area contributed by atoms with Crippen LogP contribution < -0.4 is 5.32 Å². The Labute approximate surface area is 138 Å². The van der Waals surface area contributed by atoms with Gasteiger partial charge in [-0.1, -0.05) is 30.3 Å². The molecule has 1 aromatic carbocycles. The number of amides is 1. The van der Waals surface area contributed by atoms with Crippen molar-refractivity contribution < 1.29 is 4.79 Å². The maximum atomic E-state index is 12.5. The fraction of sp³-hybridized carbons (Fsp3) is 0.235. The highest BCUT2D eigenvalue weighted by Crippen LogP contribution is 2.24. The number of H-pyrrole nitrogens is 1. The summed E-state index contributed by atoms with van der Waals surface area (Å²) in [6, 6.07) is 9.67. The lowest BCUT2D eigenvalue weighted by Gasteiger charge is -2.17. The summed E-state index contributed by atoms with van der Waals surface area (Å²) in [4.78, 5) is 16.9. The number of aromatic amines is 1. The third-order valence-corrected chi connectivity index (χ3v) is 4.60. The lowest BCUT2D eigenvalue weighted by atomic mass is 10.1. The van der Waals surface area contributed by atoms with Crippen molar-refractivity contribution in [2.24, 2.45) is 0 Å². The topological polar surface area (TPSA) is 70.7 Å². The van der Waals surface area contributed by atoms with Crippen LogP contribution in [0.3, 0.4) is 0 Å². The maximum absolute atomic E-state index is 12.5. The van der Waals surface area contributed by atoms with Gasteiger partial charge < -0.3 is 5.32 Å². The van der Waals surface area contributed by atoms with Crippen LogP contribution in [0, 0.1) is 13.8 Å². The Morgan fingerprint density at radius 1 is 1.30 bits per heavy atom. The first kappa shape index (κ1) is 15.4. The van der Waals surface area contributed by atoms with E-state index in [1.807, 2.05) is 49.6 Å². The van der Waals surface area contributed by atoms with Gasteiger partial charge in [-0.3, -0.25) is 9.89 Å². The number of rotatable bonds is 5. The third-order valence-electron chi connectivity index (χ3n) is 3.75. The molecule has 3 aromatic rings. The monoisotopic (exact) mass is 326 g/mol. The molecule has 5 nitrogen and oxygen atoms in total. The summed E-state index contributed by atoms with van der Waals surface area (Å²) < 4.78 is 0. The quantitative estimate of drug-likeness (QED) is 0.757. The Morgan fingerprint density at radius 3 is 2.70 bits per heavy atom. The molecular weight excluding hydrogens is 308 g/mol. The van der Waals surface area contributed by atoms with E-state index in [1.54, 1.807) is 6.20 Å². The molecule has 0 aliphatic heterocycles. The molecule has 118 valence electrons. The minimum atomic E-state index is -0.226. The van der Waals surface area contributed by atoms with E-state index >= 15 is 0 Å². The van der Waals surface area contributed by atoms with Crippen LogP contribution in [0.2, 0.25) is 0 Å². The van der Waals surface area contributed by atoms with Gasteiger partial charge in [0.1, 0.15) is 11.0 Å². The van der Waals surface area contributed by atoms with Crippen LogP contribution in [0.1, 0.15) is 33.6 Å². The SMILES string of the molecule is Cc1n[nH]c(C)c1CC(=O)N[C@@H](c1ccccc1)c1nccs1. The van der Waals surface area contributed by atoms with Crippen LogP contribution >= 0.6 is 11.3 Å². The number of thiazole rings is 1. The second-order valence-corrected chi connectivity index (χ2v) is 6.30. The van der Waals surface area contributed by atoms with E-state index in [1.165, 1.54) is 11.3 Å². The van der Waals surface area contributed by atoms with Gasteiger partial charge in [0.15, 0.2) is 0 Å². The fourth-order valence-electron chi connectivity index (χ4n) is 2.52. The highest BCUT2D eigenvalue weighted by Gasteiger charge is 2.20. The molecule has 2 N–H and O–H groups in total. The van der Waals surface area contributed by atoms with Gasteiger partial charge in [-0.2, -0.15) is 5.10 Å². The van der Waals surface area contributed by atoms with Crippen molar-refractivity contribution in [3.05, 3.63) is 69.4 Å². The number of carbonyl (C=O) groups is 1. The molecule has 2 aromatic heterocycles. The van der Waals surface area contributed by atoms with Gasteiger partial charge in [-0.05, 0) is 19.4 Å². The average molecular weight is 326 g/mol. The molecule has 2 heterocycles. The Bertz CT molecular complexity index is 761. The van der Waals surface area contributed by atoms with Crippen molar-refractivity contribution in [2.45, 2.75) is 26.3 Å². The summed E-state index contributed by atoms with van der Waals surface area (Å²) >= 11 is 1.54. The summed E-state index contributed by atoms with van der Waals surface area (Å²) in [6.45, 7) is 3.83. The minimum Gasteiger partial charge on any atom is -0.342 e. The van der Waals surface area contributed by atoms with Crippen molar-refractivity contribution in [1.29, 1.82) is 0 Å². The number of aromatic nitrogens is 3. The molecule has 0 radical (unpaired) electrons. The molecule has 0 aliphatic carbocycles. The molecular formula is C17H18N4OS. The highest BCUT2D eigenvalue weighted by atomic mass is 32.1. The summed E-state index contributed by atoms with van der Waals surface area (Å²) in [5.41, 5.74) is 3.77. The highest BCUT2D eigenvalue weighted by molar-refractivity contribution is 7.09. The predicted molar refractivity (Wildman–Crippen MR) is 90.3 cm³/mol. The molecule has 3 rings (SSSR count). The Balaban J connectivity index is 1.80. The number of hydrogen-bond acceptors (Lipinski definition) is 4. The van der Waals surface area contributed by atoms with E-state index < -0.39 is 0 Å². The third kappa shape index (κ3) is 3.48. The molecule has 23 heavy (non-hydrogen) atoms. The van der Waals surface area contributed by atoms with Gasteiger partial charge in [-0.25, -0.2) is 4.98 Å². The number of aryl methyl sites for hydroxylation is 2. The zero-order valence-corrected chi connectivity index (χ0v) is 13.9. The number of carbonyl (C=O) groups excluding carboxylic acids is 1. The number of nitrogens with one attached hydrogen (secondary N) is 2. The van der Waals surface area contributed by atoms with Crippen LogP contribution in [0.4, 0.5) is 0 Å². The van der Waals surface area contributed by atoms with Crippen LogP contribution in [0.5, 0.6) is 0 Å². The Hall–Kier alpha value is -2.47. The second-order valence-electron chi connectivity index (χ2n) is 5.37. The van der Waals surface area contributed by atoms with Crippen molar-refractivity contribution >= 4 is 17.2 Å². The minimum absolute atomic E-state index is 0.0401. The van der Waals surface area contributed by atoms with Crippen LogP contribution in [0.15, 0.2) is 41.9 Å². The zero-order valence-electron chi connectivity index (χ0n) is 13.0. The Morgan fingerprint density at radius 2 is 2.09 bits per heavy atom. The Kier molecular flexibility index (Phi) is 4.52. The molecule has 0 aliphatic rings. The number of benzene rings is 1. The molecule has 0 saturated carbocycles. The zero-order chi connectivity index (χ0) is 16.2. The van der Waals surface area contributed by atoms with Crippen molar-refractivity contribution in [1.82, 2.24) is 20.5 Å². The summed E-state index contributed by atoms with van der Waals surface area (Å²) in [6.07, 6.45) is 2.06. The first-order chi connectivity index (χ1) is 11.1. The van der Waals surface area contributed by atoms with Crippen LogP contribution in [0.25, 0.3) is 0 Å². The van der Waals surface area contributed by atoms with Gasteiger partial charge in [0.2, 0.25) is 5.91 Å². The van der Waals surface area contributed by atoms with Crippen LogP contribution in [-0.4, -0.2) is 21.1 Å². The second kappa shape index (κ2) is 6.75. The molecule has 0 spiro atoms. The normalized spacial score (nSPS) is 12.1. The average Bonchev–Trinajstić information content (AvgIpc) is 3.19. The predicted octanol–water partition coefficient (Wildman–Crippen LogP) is 2.93. The van der Waals surface area contributed by atoms with E-state index in [0.717, 1.165) is 27.5 Å². The standard InChI is InChI=1S/C17H18N4OS/c1-11-14(12(2)21-20-11)10-15(22)19-16(17-18-8-9-23-17)13-6-4-3-5-7-13/h3-9,16H,10H2,1-2H3,(H,19,22)(H,20,21)/t16-/m0/s1. The van der Waals surface area contributed by atoms with Gasteiger partial charge in [0.05, 0.1) is 12.1 Å². The first-order valence-electron chi connectivity index (χ1n) is 7.39. The molecule has 0 unspecified atom stereocenters. The van der Waals surface area contributed by atoms with E-state index in [4.69, 9.17) is 0 Å². The van der Waals surface area contributed by atoms with Gasteiger partial charge in [0, 0.05) is 22.8 Å². The lowest BCUT2D eigenvalue weighted by Crippen LogP contribution is -2.30. The summed E-state index contributed by atoms with van der Waals surface area (Å²) in [7, 11) is 0. The molecule has 0 fully saturated rings. The maximum Gasteiger partial charge on any atom is 0.225 e. The molecule has 0 bridgehead atoms. The van der Waals surface area contributed by atoms with E-state index in [9.17, 15) is 4.79 Å². The van der Waals surface area contributed by atoms with Gasteiger partial charge in [-0.15, -0.1) is 11.3 Å². The molecule has 0 saturated heterocycles. The molecule has 1 atom stereocenters. The van der Waals surface area contributed by atoms with Crippen molar-refractivity contribution in [2.75, 3.05) is 0 Å². The molecule has 6 heteroatoms. The summed E-state index contributed by atoms with van der Waals surface area (Å²) in [5, 5.41) is 12.9. The summed E-state index contributed by atoms with van der Waals surface area (Å²) in [5.74, 6) is -0.0401. The lowest BCUT2D eigenvalue weighted by molar-refractivity contribution is -0.121. The fourth-order valence-corrected chi connectivity index (χ4v) is 3.23. The van der Waals surface area contributed by atoms with Crippen molar-refractivity contribution in [3.63, 3.8) is 0 Å². The number of nitrogens with zero attached hydrogens (tertiary/aromatic N) is 2.